The lowest BCUT2D eigenvalue weighted by Gasteiger charge is -2.32. The van der Waals surface area contributed by atoms with Crippen LogP contribution in [0.25, 0.3) is 0 Å². The molecule has 1 fully saturated rings. The molecule has 1 aliphatic rings. The summed E-state index contributed by atoms with van der Waals surface area (Å²) in [6.07, 6.45) is 3.09. The zero-order valence-electron chi connectivity index (χ0n) is 14.5. The third-order valence-electron chi connectivity index (χ3n) is 4.99. The third-order valence-corrected chi connectivity index (χ3v) is 6.77. The van der Waals surface area contributed by atoms with Crippen LogP contribution in [0.3, 0.4) is 0 Å². The van der Waals surface area contributed by atoms with Gasteiger partial charge in [0.05, 0.1) is 9.79 Å². The maximum Gasteiger partial charge on any atom is 0.376 e. The highest BCUT2D eigenvalue weighted by Crippen LogP contribution is 2.24. The summed E-state index contributed by atoms with van der Waals surface area (Å²) in [5.41, 5.74) is 1.17. The molecule has 0 aliphatic carbocycles. The van der Waals surface area contributed by atoms with Crippen LogP contribution in [0.2, 0.25) is 6.82 Å². The van der Waals surface area contributed by atoms with Crippen LogP contribution in [-0.4, -0.2) is 38.4 Å². The summed E-state index contributed by atoms with van der Waals surface area (Å²) < 4.78 is 25.2. The van der Waals surface area contributed by atoms with Crippen LogP contribution in [0.1, 0.15) is 18.4 Å². The highest BCUT2D eigenvalue weighted by Gasteiger charge is 2.24. The fraction of sp³-hybridized carbons (Fsp3) is 0.368. The highest BCUT2D eigenvalue weighted by atomic mass is 32.2. The average Bonchev–Trinajstić information content (AvgIpc) is 2.63. The molecule has 132 valence electrons. The van der Waals surface area contributed by atoms with Crippen molar-refractivity contribution in [1.82, 2.24) is 4.81 Å². The summed E-state index contributed by atoms with van der Waals surface area (Å²) in [6.45, 7) is 3.65. The first-order valence-electron chi connectivity index (χ1n) is 8.78. The van der Waals surface area contributed by atoms with E-state index in [2.05, 4.69) is 4.81 Å². The molecule has 3 rings (SSSR count). The minimum atomic E-state index is -3.44. The van der Waals surface area contributed by atoms with Crippen molar-refractivity contribution in [3.8, 4) is 0 Å². The van der Waals surface area contributed by atoms with Gasteiger partial charge in [0.2, 0.25) is 9.84 Å². The fourth-order valence-corrected chi connectivity index (χ4v) is 4.69. The monoisotopic (exact) mass is 357 g/mol. The first kappa shape index (κ1) is 18.2. The topological polar surface area (TPSA) is 57.6 Å². The Kier molecular flexibility index (Phi) is 5.62. The van der Waals surface area contributed by atoms with E-state index in [1.807, 2.05) is 25.0 Å². The SMILES string of the molecule is CB(O)N1CCC(Cc2ccc(S(=O)(=O)c3ccccc3)cc2)CC1. The molecule has 0 spiro atoms. The molecule has 0 saturated carbocycles. The molecule has 1 N–H and O–H groups in total. The van der Waals surface area contributed by atoms with Crippen molar-refractivity contribution in [3.63, 3.8) is 0 Å². The quantitative estimate of drug-likeness (QED) is 0.836. The lowest BCUT2D eigenvalue weighted by atomic mass is 9.80. The van der Waals surface area contributed by atoms with E-state index in [0.717, 1.165) is 32.4 Å². The molecule has 0 amide bonds. The third kappa shape index (κ3) is 4.32. The number of benzene rings is 2. The van der Waals surface area contributed by atoms with Gasteiger partial charge in [-0.2, -0.15) is 0 Å². The standard InChI is InChI=1S/C19H24BNO3S/c1-20(22)21-13-11-17(12-14-21)15-16-7-9-19(10-8-16)25(23,24)18-5-3-2-4-6-18/h2-10,17,22H,11-15H2,1H3. The van der Waals surface area contributed by atoms with Crippen molar-refractivity contribution in [2.24, 2.45) is 5.92 Å². The van der Waals surface area contributed by atoms with Gasteiger partial charge in [-0.05, 0) is 74.9 Å². The predicted molar refractivity (Wildman–Crippen MR) is 100 cm³/mol. The summed E-state index contributed by atoms with van der Waals surface area (Å²) in [5, 5.41) is 9.62. The normalized spacial score (nSPS) is 16.7. The molecule has 1 saturated heterocycles. The first-order valence-corrected chi connectivity index (χ1v) is 10.3. The Balaban J connectivity index is 1.65. The highest BCUT2D eigenvalue weighted by molar-refractivity contribution is 7.91. The zero-order valence-corrected chi connectivity index (χ0v) is 15.3. The van der Waals surface area contributed by atoms with Crippen molar-refractivity contribution in [2.45, 2.75) is 35.9 Å². The van der Waals surface area contributed by atoms with Gasteiger partial charge in [0, 0.05) is 0 Å². The van der Waals surface area contributed by atoms with Gasteiger partial charge in [0.15, 0.2) is 0 Å². The van der Waals surface area contributed by atoms with Gasteiger partial charge in [-0.1, -0.05) is 30.3 Å². The van der Waals surface area contributed by atoms with E-state index in [1.54, 1.807) is 36.4 Å². The summed E-state index contributed by atoms with van der Waals surface area (Å²) in [6, 6.07) is 15.8. The Labute approximate surface area is 150 Å². The molecule has 0 atom stereocenters. The van der Waals surface area contributed by atoms with Crippen LogP contribution in [0.15, 0.2) is 64.4 Å². The van der Waals surface area contributed by atoms with Crippen LogP contribution < -0.4 is 0 Å². The number of nitrogens with zero attached hydrogens (tertiary/aromatic N) is 1. The van der Waals surface area contributed by atoms with Gasteiger partial charge in [0.25, 0.3) is 0 Å². The lowest BCUT2D eigenvalue weighted by Crippen LogP contribution is -2.43. The molecule has 2 aromatic rings. The maximum absolute atomic E-state index is 12.6. The maximum atomic E-state index is 12.6. The molecule has 4 nitrogen and oxygen atoms in total. The molecule has 0 radical (unpaired) electrons. The number of hydrogen-bond donors (Lipinski definition) is 1. The smallest absolute Gasteiger partial charge is 0.376 e. The number of hydrogen-bond acceptors (Lipinski definition) is 4. The second-order valence-corrected chi connectivity index (χ2v) is 8.73. The van der Waals surface area contributed by atoms with Crippen LogP contribution in [-0.2, 0) is 16.3 Å². The lowest BCUT2D eigenvalue weighted by molar-refractivity contribution is 0.250. The molecule has 25 heavy (non-hydrogen) atoms. The summed E-state index contributed by atoms with van der Waals surface area (Å²) in [5.74, 6) is 0.589. The van der Waals surface area contributed by atoms with E-state index in [0.29, 0.717) is 15.7 Å². The number of rotatable bonds is 5. The van der Waals surface area contributed by atoms with E-state index >= 15 is 0 Å². The van der Waals surface area contributed by atoms with Crippen molar-refractivity contribution in [1.29, 1.82) is 0 Å². The minimum Gasteiger partial charge on any atom is -0.437 e. The zero-order chi connectivity index (χ0) is 17.9. The van der Waals surface area contributed by atoms with Crippen LogP contribution >= 0.6 is 0 Å². The predicted octanol–water partition coefficient (Wildman–Crippen LogP) is 2.88. The average molecular weight is 357 g/mol. The van der Waals surface area contributed by atoms with E-state index in [4.69, 9.17) is 0 Å². The summed E-state index contributed by atoms with van der Waals surface area (Å²) >= 11 is 0. The molecule has 1 aliphatic heterocycles. The van der Waals surface area contributed by atoms with Gasteiger partial charge in [-0.15, -0.1) is 0 Å². The fourth-order valence-electron chi connectivity index (χ4n) is 3.40. The largest absolute Gasteiger partial charge is 0.437 e. The van der Waals surface area contributed by atoms with Crippen molar-refractivity contribution in [2.75, 3.05) is 13.1 Å². The van der Waals surface area contributed by atoms with Crippen LogP contribution in [0.4, 0.5) is 0 Å². The van der Waals surface area contributed by atoms with E-state index < -0.39 is 9.84 Å². The van der Waals surface area contributed by atoms with Crippen LogP contribution in [0, 0.1) is 5.92 Å². The van der Waals surface area contributed by atoms with Crippen molar-refractivity contribution >= 4 is 16.9 Å². The number of piperidine rings is 1. The van der Waals surface area contributed by atoms with E-state index in [-0.39, 0.29) is 7.05 Å². The van der Waals surface area contributed by atoms with Gasteiger partial charge in [0.1, 0.15) is 0 Å². The number of sulfone groups is 1. The molecule has 0 bridgehead atoms. The van der Waals surface area contributed by atoms with E-state index in [1.165, 1.54) is 5.56 Å². The van der Waals surface area contributed by atoms with Gasteiger partial charge < -0.3 is 9.83 Å². The minimum absolute atomic E-state index is 0.327. The van der Waals surface area contributed by atoms with Gasteiger partial charge in [-0.3, -0.25) is 0 Å². The molecular weight excluding hydrogens is 333 g/mol. The Morgan fingerprint density at radius 2 is 1.56 bits per heavy atom. The van der Waals surface area contributed by atoms with Crippen molar-refractivity contribution in [3.05, 3.63) is 60.2 Å². The van der Waals surface area contributed by atoms with Gasteiger partial charge in [-0.25, -0.2) is 8.42 Å². The van der Waals surface area contributed by atoms with Crippen LogP contribution in [0.5, 0.6) is 0 Å². The summed E-state index contributed by atoms with van der Waals surface area (Å²) in [7, 11) is -3.81. The Bertz CT molecular complexity index is 783. The summed E-state index contributed by atoms with van der Waals surface area (Å²) in [4.78, 5) is 2.76. The van der Waals surface area contributed by atoms with Crippen molar-refractivity contribution < 1.29 is 13.4 Å². The molecule has 6 heteroatoms. The molecule has 2 aromatic carbocycles. The molecular formula is C19H24BNO3S. The second kappa shape index (κ2) is 7.73. The van der Waals surface area contributed by atoms with E-state index in [9.17, 15) is 13.4 Å². The first-order chi connectivity index (χ1) is 12.0. The Morgan fingerprint density at radius 1 is 1.00 bits per heavy atom. The second-order valence-electron chi connectivity index (χ2n) is 6.78. The molecule has 0 unspecified atom stereocenters. The Morgan fingerprint density at radius 3 is 2.12 bits per heavy atom. The Hall–Kier alpha value is -1.63. The molecule has 1 heterocycles. The van der Waals surface area contributed by atoms with Gasteiger partial charge >= 0.3 is 7.05 Å². The molecule has 0 aromatic heterocycles.